The van der Waals surface area contributed by atoms with Crippen LogP contribution in [0.25, 0.3) is 0 Å². The summed E-state index contributed by atoms with van der Waals surface area (Å²) in [4.78, 5) is 12.1. The monoisotopic (exact) mass is 377 g/mol. The van der Waals surface area contributed by atoms with E-state index in [0.29, 0.717) is 11.3 Å². The second-order valence-electron chi connectivity index (χ2n) is 5.77. The van der Waals surface area contributed by atoms with Crippen LogP contribution < -0.4 is 9.46 Å². The van der Waals surface area contributed by atoms with Crippen molar-refractivity contribution in [1.82, 2.24) is 4.72 Å². The molecule has 0 saturated heterocycles. The predicted molar refractivity (Wildman–Crippen MR) is 98.5 cm³/mol. The maximum Gasteiger partial charge on any atom is 0.307 e. The number of ether oxygens (including phenoxy) is 2. The Bertz CT molecular complexity index is 829. The van der Waals surface area contributed by atoms with Crippen LogP contribution in [0.15, 0.2) is 53.4 Å². The molecule has 6 nitrogen and oxygen atoms in total. The molecule has 26 heavy (non-hydrogen) atoms. The van der Waals surface area contributed by atoms with Gasteiger partial charge in [0.05, 0.1) is 31.1 Å². The van der Waals surface area contributed by atoms with Gasteiger partial charge in [0.25, 0.3) is 0 Å². The molecule has 1 atom stereocenters. The third-order valence-electron chi connectivity index (χ3n) is 3.82. The van der Waals surface area contributed by atoms with E-state index in [1.165, 1.54) is 12.1 Å². The summed E-state index contributed by atoms with van der Waals surface area (Å²) >= 11 is 0. The molecule has 0 aliphatic rings. The molecule has 0 heterocycles. The zero-order valence-electron chi connectivity index (χ0n) is 15.1. The van der Waals surface area contributed by atoms with Crippen LogP contribution in [0, 0.1) is 6.92 Å². The largest absolute Gasteiger partial charge is 0.497 e. The van der Waals surface area contributed by atoms with Crippen LogP contribution in [0.3, 0.4) is 0 Å². The third kappa shape index (κ3) is 5.31. The van der Waals surface area contributed by atoms with E-state index in [1.807, 2.05) is 6.92 Å². The minimum Gasteiger partial charge on any atom is -0.497 e. The van der Waals surface area contributed by atoms with Gasteiger partial charge in [0, 0.05) is 0 Å². The number of hydrogen-bond donors (Lipinski definition) is 1. The molecule has 0 amide bonds. The van der Waals surface area contributed by atoms with E-state index in [-0.39, 0.29) is 17.9 Å². The fraction of sp³-hybridized carbons (Fsp3) is 0.316. The molecule has 2 aromatic rings. The highest BCUT2D eigenvalue weighted by atomic mass is 32.2. The van der Waals surface area contributed by atoms with Gasteiger partial charge in [0.1, 0.15) is 5.75 Å². The Morgan fingerprint density at radius 1 is 1.08 bits per heavy atom. The molecule has 0 radical (unpaired) electrons. The molecule has 0 bridgehead atoms. The first kappa shape index (κ1) is 19.9. The number of carbonyl (C=O) groups is 1. The average Bonchev–Trinajstić information content (AvgIpc) is 2.61. The van der Waals surface area contributed by atoms with Crippen molar-refractivity contribution in [3.63, 3.8) is 0 Å². The third-order valence-corrected chi connectivity index (χ3v) is 5.31. The summed E-state index contributed by atoms with van der Waals surface area (Å²) in [6.07, 6.45) is -0.106. The predicted octanol–water partition coefficient (Wildman–Crippen LogP) is 2.98. The highest BCUT2D eigenvalue weighted by Gasteiger charge is 2.24. The fourth-order valence-electron chi connectivity index (χ4n) is 2.42. The maximum atomic E-state index is 12.7. The molecule has 1 N–H and O–H groups in total. The summed E-state index contributed by atoms with van der Waals surface area (Å²) in [5, 5.41) is 0. The van der Waals surface area contributed by atoms with Crippen molar-refractivity contribution >= 4 is 16.0 Å². The van der Waals surface area contributed by atoms with Crippen LogP contribution in [0.1, 0.15) is 30.5 Å². The molecule has 0 spiro atoms. The van der Waals surface area contributed by atoms with E-state index in [9.17, 15) is 13.2 Å². The van der Waals surface area contributed by atoms with Gasteiger partial charge in [-0.05, 0) is 43.7 Å². The Kier molecular flexibility index (Phi) is 6.76. The van der Waals surface area contributed by atoms with E-state index in [1.54, 1.807) is 50.4 Å². The highest BCUT2D eigenvalue weighted by molar-refractivity contribution is 7.89. The first-order valence-electron chi connectivity index (χ1n) is 8.24. The van der Waals surface area contributed by atoms with E-state index < -0.39 is 22.0 Å². The van der Waals surface area contributed by atoms with Gasteiger partial charge in [0.2, 0.25) is 10.0 Å². The number of methoxy groups -OCH3 is 1. The average molecular weight is 377 g/mol. The smallest absolute Gasteiger partial charge is 0.307 e. The number of sulfonamides is 1. The van der Waals surface area contributed by atoms with Crippen LogP contribution in [-0.4, -0.2) is 28.1 Å². The van der Waals surface area contributed by atoms with Gasteiger partial charge in [-0.3, -0.25) is 4.79 Å². The van der Waals surface area contributed by atoms with Crippen LogP contribution in [-0.2, 0) is 19.6 Å². The Hall–Kier alpha value is -2.38. The summed E-state index contributed by atoms with van der Waals surface area (Å²) in [7, 11) is -2.24. The van der Waals surface area contributed by atoms with Crippen molar-refractivity contribution < 1.29 is 22.7 Å². The number of rotatable bonds is 8. The lowest BCUT2D eigenvalue weighted by atomic mass is 10.0. The second-order valence-corrected chi connectivity index (χ2v) is 7.48. The summed E-state index contributed by atoms with van der Waals surface area (Å²) in [6, 6.07) is 12.7. The highest BCUT2D eigenvalue weighted by Crippen LogP contribution is 2.23. The number of carbonyl (C=O) groups excluding carboxylic acids is 1. The Morgan fingerprint density at radius 2 is 1.69 bits per heavy atom. The lowest BCUT2D eigenvalue weighted by Gasteiger charge is -2.19. The summed E-state index contributed by atoms with van der Waals surface area (Å²) in [6.45, 7) is 3.82. The van der Waals surface area contributed by atoms with Gasteiger partial charge in [-0.2, -0.15) is 0 Å². The van der Waals surface area contributed by atoms with E-state index >= 15 is 0 Å². The number of esters is 1. The van der Waals surface area contributed by atoms with Crippen LogP contribution in [0.5, 0.6) is 5.75 Å². The normalized spacial score (nSPS) is 12.4. The molecule has 0 fully saturated rings. The quantitative estimate of drug-likeness (QED) is 0.715. The van der Waals surface area contributed by atoms with Crippen molar-refractivity contribution in [1.29, 1.82) is 0 Å². The fourth-order valence-corrected chi connectivity index (χ4v) is 3.65. The lowest BCUT2D eigenvalue weighted by molar-refractivity contribution is -0.143. The van der Waals surface area contributed by atoms with Crippen LogP contribution in [0.4, 0.5) is 0 Å². The molecule has 0 unspecified atom stereocenters. The lowest BCUT2D eigenvalue weighted by Crippen LogP contribution is -2.30. The maximum absolute atomic E-state index is 12.7. The van der Waals surface area contributed by atoms with Crippen molar-refractivity contribution in [3.8, 4) is 5.75 Å². The number of benzene rings is 2. The van der Waals surface area contributed by atoms with E-state index in [0.717, 1.165) is 5.56 Å². The summed E-state index contributed by atoms with van der Waals surface area (Å²) in [5.41, 5.74) is 1.61. The topological polar surface area (TPSA) is 81.7 Å². The van der Waals surface area contributed by atoms with E-state index in [4.69, 9.17) is 9.47 Å². The Morgan fingerprint density at radius 3 is 2.23 bits per heavy atom. The molecular weight excluding hydrogens is 354 g/mol. The summed E-state index contributed by atoms with van der Waals surface area (Å²) in [5.74, 6) is 0.171. The molecule has 0 saturated carbocycles. The van der Waals surface area contributed by atoms with Crippen molar-refractivity contribution in [2.24, 2.45) is 0 Å². The first-order valence-corrected chi connectivity index (χ1v) is 9.72. The molecule has 0 aromatic heterocycles. The molecule has 140 valence electrons. The van der Waals surface area contributed by atoms with Crippen molar-refractivity contribution in [2.75, 3.05) is 13.7 Å². The molecule has 7 heteroatoms. The minimum absolute atomic E-state index is 0.106. The van der Waals surface area contributed by atoms with Gasteiger partial charge < -0.3 is 9.47 Å². The van der Waals surface area contributed by atoms with Gasteiger partial charge in [-0.1, -0.05) is 29.8 Å². The van der Waals surface area contributed by atoms with Crippen LogP contribution in [0.2, 0.25) is 0 Å². The number of hydrogen-bond acceptors (Lipinski definition) is 5. The van der Waals surface area contributed by atoms with Gasteiger partial charge >= 0.3 is 5.97 Å². The number of nitrogens with one attached hydrogen (secondary N) is 1. The molecule has 2 aromatic carbocycles. The first-order chi connectivity index (χ1) is 12.4. The van der Waals surface area contributed by atoms with Crippen molar-refractivity contribution in [3.05, 3.63) is 59.7 Å². The Balaban J connectivity index is 2.29. The van der Waals surface area contributed by atoms with E-state index in [2.05, 4.69) is 4.72 Å². The molecule has 0 aliphatic heterocycles. The second kappa shape index (κ2) is 8.82. The van der Waals surface area contributed by atoms with Gasteiger partial charge in [-0.25, -0.2) is 13.1 Å². The van der Waals surface area contributed by atoms with Gasteiger partial charge in [-0.15, -0.1) is 0 Å². The zero-order valence-corrected chi connectivity index (χ0v) is 15.9. The molecule has 0 aliphatic carbocycles. The zero-order chi connectivity index (χ0) is 19.2. The number of aryl methyl sites for hydroxylation is 1. The summed E-state index contributed by atoms with van der Waals surface area (Å²) < 4.78 is 38.1. The van der Waals surface area contributed by atoms with Crippen molar-refractivity contribution in [2.45, 2.75) is 31.2 Å². The minimum atomic E-state index is -3.79. The SMILES string of the molecule is CCOC(=O)C[C@H](NS(=O)(=O)c1ccc(C)cc1)c1ccc(OC)cc1. The molecular formula is C19H23NO5S. The van der Waals surface area contributed by atoms with Gasteiger partial charge in [0.15, 0.2) is 0 Å². The standard InChI is InChI=1S/C19H23NO5S/c1-4-25-19(21)13-18(15-7-9-16(24-3)10-8-15)20-26(22,23)17-11-5-14(2)6-12-17/h5-12,18,20H,4,13H2,1-3H3/t18-/m0/s1. The van der Waals surface area contributed by atoms with Crippen LogP contribution >= 0.6 is 0 Å². The molecule has 2 rings (SSSR count). The Labute approximate surface area is 154 Å².